The van der Waals surface area contributed by atoms with Crippen molar-refractivity contribution in [2.24, 2.45) is 5.92 Å². The predicted octanol–water partition coefficient (Wildman–Crippen LogP) is 1.18. The molecule has 0 saturated heterocycles. The summed E-state index contributed by atoms with van der Waals surface area (Å²) in [7, 11) is 3.48. The lowest BCUT2D eigenvalue weighted by Crippen LogP contribution is -2.51. The molecule has 0 bridgehead atoms. The highest BCUT2D eigenvalue weighted by Gasteiger charge is 2.35. The van der Waals surface area contributed by atoms with Crippen molar-refractivity contribution in [3.63, 3.8) is 0 Å². The molecule has 3 N–H and O–H groups in total. The Morgan fingerprint density at radius 2 is 1.80 bits per heavy atom. The number of carboxylic acid groups (broad SMARTS) is 1. The number of anilines is 1. The first-order chi connectivity index (χ1) is 9.40. The third kappa shape index (κ3) is 3.71. The van der Waals surface area contributed by atoms with Crippen molar-refractivity contribution in [2.75, 3.05) is 19.0 Å². The molecule has 0 radical (unpaired) electrons. The minimum atomic E-state index is -0.939. The summed E-state index contributed by atoms with van der Waals surface area (Å²) in [5, 5.41) is 22.7. The van der Waals surface area contributed by atoms with Crippen molar-refractivity contribution < 1.29 is 15.0 Å². The van der Waals surface area contributed by atoms with E-state index in [1.807, 2.05) is 37.3 Å². The normalized spacial score (nSPS) is 17.1. The number of hydrogen-bond acceptors (Lipinski definition) is 4. The second-order valence-electron chi connectivity index (χ2n) is 5.16. The molecule has 0 amide bonds. The summed E-state index contributed by atoms with van der Waals surface area (Å²) in [5.41, 5.74) is 0.816. The van der Waals surface area contributed by atoms with Gasteiger partial charge in [-0.25, -0.2) is 4.79 Å². The molecule has 0 heterocycles. The molecule has 0 saturated carbocycles. The van der Waals surface area contributed by atoms with E-state index in [9.17, 15) is 15.0 Å². The number of rotatable bonds is 7. The Morgan fingerprint density at radius 3 is 2.25 bits per heavy atom. The highest BCUT2D eigenvalue weighted by molar-refractivity contribution is 5.78. The zero-order valence-corrected chi connectivity index (χ0v) is 12.4. The van der Waals surface area contributed by atoms with E-state index in [1.165, 1.54) is 0 Å². The zero-order valence-electron chi connectivity index (χ0n) is 12.4. The number of likely N-dealkylation sites (N-methyl/N-ethyl adjacent to an activating group) is 2. The van der Waals surface area contributed by atoms with Gasteiger partial charge in [-0.15, -0.1) is 0 Å². The van der Waals surface area contributed by atoms with Gasteiger partial charge in [0.2, 0.25) is 0 Å². The molecular weight excluding hydrogens is 256 g/mol. The van der Waals surface area contributed by atoms with Crippen LogP contribution in [0.5, 0.6) is 0 Å². The molecular formula is C15H24N2O3. The molecule has 0 fully saturated rings. The van der Waals surface area contributed by atoms with E-state index in [4.69, 9.17) is 0 Å². The van der Waals surface area contributed by atoms with Crippen LogP contribution in [0.25, 0.3) is 0 Å². The number of aliphatic hydroxyl groups excluding tert-OH is 1. The average Bonchev–Trinajstić information content (AvgIpc) is 2.46. The van der Waals surface area contributed by atoms with E-state index in [1.54, 1.807) is 25.9 Å². The first-order valence-corrected chi connectivity index (χ1v) is 6.76. The summed E-state index contributed by atoms with van der Waals surface area (Å²) in [4.78, 5) is 13.3. The van der Waals surface area contributed by atoms with Crippen LogP contribution in [0.15, 0.2) is 30.3 Å². The van der Waals surface area contributed by atoms with Crippen molar-refractivity contribution >= 4 is 11.7 Å². The van der Waals surface area contributed by atoms with Gasteiger partial charge in [0.25, 0.3) is 0 Å². The minimum Gasteiger partial charge on any atom is -0.480 e. The quantitative estimate of drug-likeness (QED) is 0.699. The van der Waals surface area contributed by atoms with Crippen LogP contribution in [-0.4, -0.2) is 48.5 Å². The number of carboxylic acids is 1. The number of hydrogen-bond donors (Lipinski definition) is 3. The maximum absolute atomic E-state index is 11.6. The van der Waals surface area contributed by atoms with Gasteiger partial charge >= 0.3 is 5.97 Å². The summed E-state index contributed by atoms with van der Waals surface area (Å²) in [6.45, 7) is 3.60. The minimum absolute atomic E-state index is 0.170. The third-order valence-corrected chi connectivity index (χ3v) is 3.84. The van der Waals surface area contributed by atoms with Crippen molar-refractivity contribution in [1.82, 2.24) is 5.32 Å². The first-order valence-electron chi connectivity index (χ1n) is 6.76. The lowest BCUT2D eigenvalue weighted by atomic mass is 9.90. The third-order valence-electron chi connectivity index (χ3n) is 3.84. The van der Waals surface area contributed by atoms with Crippen LogP contribution < -0.4 is 10.2 Å². The van der Waals surface area contributed by atoms with Crippen molar-refractivity contribution in [3.05, 3.63) is 30.3 Å². The Labute approximate surface area is 120 Å². The monoisotopic (exact) mass is 280 g/mol. The van der Waals surface area contributed by atoms with Crippen molar-refractivity contribution in [1.29, 1.82) is 0 Å². The predicted molar refractivity (Wildman–Crippen MR) is 80.0 cm³/mol. The van der Waals surface area contributed by atoms with Gasteiger partial charge in [0.1, 0.15) is 6.04 Å². The van der Waals surface area contributed by atoms with Crippen molar-refractivity contribution in [2.45, 2.75) is 32.0 Å². The largest absolute Gasteiger partial charge is 0.480 e. The molecule has 0 aromatic heterocycles. The Balaban J connectivity index is 2.97. The standard InChI is InChI=1S/C15H24N2O3/c1-10(14(18)11(2)16-3)13(15(19)20)17(4)12-8-6-5-7-9-12/h5-11,13-14,16,18H,1-4H3,(H,19,20)/t10-,11+,13?,14-/m1/s1. The Morgan fingerprint density at radius 1 is 1.25 bits per heavy atom. The van der Waals surface area contributed by atoms with Gasteiger partial charge in [-0.3, -0.25) is 0 Å². The van der Waals surface area contributed by atoms with Crippen LogP contribution in [0.1, 0.15) is 13.8 Å². The summed E-state index contributed by atoms with van der Waals surface area (Å²) >= 11 is 0. The van der Waals surface area contributed by atoms with Crippen LogP contribution in [-0.2, 0) is 4.79 Å². The molecule has 20 heavy (non-hydrogen) atoms. The molecule has 0 aliphatic rings. The van der Waals surface area contributed by atoms with Crippen LogP contribution in [0, 0.1) is 5.92 Å². The van der Waals surface area contributed by atoms with E-state index in [0.717, 1.165) is 5.69 Å². The SMILES string of the molecule is CN[C@@H](C)[C@H](O)[C@H](C)C(C(=O)O)N(C)c1ccccc1. The van der Waals surface area contributed by atoms with E-state index in [2.05, 4.69) is 5.32 Å². The highest BCUT2D eigenvalue weighted by Crippen LogP contribution is 2.22. The van der Waals surface area contributed by atoms with Crippen LogP contribution in [0.3, 0.4) is 0 Å². The van der Waals surface area contributed by atoms with E-state index < -0.39 is 24.0 Å². The molecule has 1 unspecified atom stereocenters. The van der Waals surface area contributed by atoms with E-state index >= 15 is 0 Å². The summed E-state index contributed by atoms with van der Waals surface area (Å²) in [5.74, 6) is -1.36. The first kappa shape index (κ1) is 16.5. The Bertz CT molecular complexity index is 424. The second kappa shape index (κ2) is 7.26. The van der Waals surface area contributed by atoms with Gasteiger partial charge in [-0.1, -0.05) is 25.1 Å². The molecule has 0 aliphatic heterocycles. The molecule has 112 valence electrons. The Kier molecular flexibility index (Phi) is 5.98. The van der Waals surface area contributed by atoms with Crippen LogP contribution in [0.2, 0.25) is 0 Å². The summed E-state index contributed by atoms with van der Waals surface area (Å²) in [6.07, 6.45) is -0.743. The van der Waals surface area contributed by atoms with Crippen LogP contribution >= 0.6 is 0 Å². The summed E-state index contributed by atoms with van der Waals surface area (Å²) in [6, 6.07) is 8.37. The number of aliphatic hydroxyl groups is 1. The number of nitrogens with zero attached hydrogens (tertiary/aromatic N) is 1. The molecule has 5 nitrogen and oxygen atoms in total. The maximum atomic E-state index is 11.6. The van der Waals surface area contributed by atoms with Gasteiger partial charge in [0.05, 0.1) is 6.10 Å². The number of para-hydroxylation sites is 1. The van der Waals surface area contributed by atoms with Crippen LogP contribution in [0.4, 0.5) is 5.69 Å². The highest BCUT2D eigenvalue weighted by atomic mass is 16.4. The molecule has 4 atom stereocenters. The van der Waals surface area contributed by atoms with Gasteiger partial charge in [-0.2, -0.15) is 0 Å². The number of benzene rings is 1. The fourth-order valence-electron chi connectivity index (χ4n) is 2.38. The summed E-state index contributed by atoms with van der Waals surface area (Å²) < 4.78 is 0. The Hall–Kier alpha value is -1.59. The lowest BCUT2D eigenvalue weighted by Gasteiger charge is -2.35. The smallest absolute Gasteiger partial charge is 0.326 e. The lowest BCUT2D eigenvalue weighted by molar-refractivity contribution is -0.141. The molecule has 1 rings (SSSR count). The van der Waals surface area contributed by atoms with Gasteiger partial charge in [0.15, 0.2) is 0 Å². The molecule has 0 spiro atoms. The fraction of sp³-hybridized carbons (Fsp3) is 0.533. The molecule has 1 aromatic carbocycles. The van der Waals surface area contributed by atoms with Gasteiger partial charge in [0, 0.05) is 24.7 Å². The topological polar surface area (TPSA) is 72.8 Å². The second-order valence-corrected chi connectivity index (χ2v) is 5.16. The molecule has 0 aliphatic carbocycles. The van der Waals surface area contributed by atoms with Crippen molar-refractivity contribution in [3.8, 4) is 0 Å². The molecule has 1 aromatic rings. The number of carbonyl (C=O) groups is 1. The fourth-order valence-corrected chi connectivity index (χ4v) is 2.38. The number of aliphatic carboxylic acids is 1. The maximum Gasteiger partial charge on any atom is 0.326 e. The van der Waals surface area contributed by atoms with E-state index in [0.29, 0.717) is 0 Å². The van der Waals surface area contributed by atoms with E-state index in [-0.39, 0.29) is 6.04 Å². The van der Waals surface area contributed by atoms with Gasteiger partial charge in [-0.05, 0) is 26.1 Å². The zero-order chi connectivity index (χ0) is 15.3. The number of nitrogens with one attached hydrogen (secondary N) is 1. The average molecular weight is 280 g/mol. The molecule has 5 heteroatoms. The van der Waals surface area contributed by atoms with Gasteiger partial charge < -0.3 is 20.4 Å².